The highest BCUT2D eigenvalue weighted by Gasteiger charge is 2.28. The molecule has 3 aromatic carbocycles. The van der Waals surface area contributed by atoms with E-state index >= 15 is 0 Å². The minimum atomic E-state index is -0.478. The van der Waals surface area contributed by atoms with Crippen LogP contribution in [0.25, 0.3) is 6.08 Å². The van der Waals surface area contributed by atoms with E-state index in [0.717, 1.165) is 11.1 Å². The predicted octanol–water partition coefficient (Wildman–Crippen LogP) is 4.85. The van der Waals surface area contributed by atoms with Crippen molar-refractivity contribution in [1.82, 2.24) is 0 Å². The van der Waals surface area contributed by atoms with E-state index in [2.05, 4.69) is 0 Å². The van der Waals surface area contributed by atoms with Crippen LogP contribution >= 0.6 is 0 Å². The molecule has 6 nitrogen and oxygen atoms in total. The summed E-state index contributed by atoms with van der Waals surface area (Å²) in [4.78, 5) is 25.1. The Hall–Kier alpha value is -4.06. The second kappa shape index (κ2) is 8.36. The molecule has 1 aliphatic rings. The lowest BCUT2D eigenvalue weighted by Gasteiger charge is -2.08. The van der Waals surface area contributed by atoms with Crippen LogP contribution in [-0.4, -0.2) is 26.0 Å². The molecule has 0 aliphatic carbocycles. The SMILES string of the molecule is COc1ccc(/C=C2\Oc3cc(OC(=O)c4cccc(C)c4)ccc3C2=O)cc1OC. The number of Topliss-reactive ketones (excluding diaryl/α,β-unsaturated/α-hetero) is 1. The van der Waals surface area contributed by atoms with E-state index in [1.165, 1.54) is 6.07 Å². The van der Waals surface area contributed by atoms with Crippen molar-refractivity contribution in [2.45, 2.75) is 6.92 Å². The number of ketones is 1. The largest absolute Gasteiger partial charge is 0.493 e. The summed E-state index contributed by atoms with van der Waals surface area (Å²) >= 11 is 0. The fourth-order valence-electron chi connectivity index (χ4n) is 3.26. The third-order valence-electron chi connectivity index (χ3n) is 4.81. The number of aryl methyl sites for hydroxylation is 1. The molecule has 6 heteroatoms. The van der Waals surface area contributed by atoms with Gasteiger partial charge in [0.05, 0.1) is 25.3 Å². The van der Waals surface area contributed by atoms with Crippen LogP contribution in [0, 0.1) is 6.92 Å². The number of carbonyl (C=O) groups excluding carboxylic acids is 2. The molecule has 0 aromatic heterocycles. The van der Waals surface area contributed by atoms with Gasteiger partial charge in [0.1, 0.15) is 11.5 Å². The molecule has 0 unspecified atom stereocenters. The summed E-state index contributed by atoms with van der Waals surface area (Å²) in [6, 6.07) is 17.1. The summed E-state index contributed by atoms with van der Waals surface area (Å²) in [5, 5.41) is 0. The molecule has 0 N–H and O–H groups in total. The lowest BCUT2D eigenvalue weighted by molar-refractivity contribution is 0.0734. The monoisotopic (exact) mass is 416 g/mol. The van der Waals surface area contributed by atoms with Crippen LogP contribution in [0.15, 0.2) is 66.4 Å². The molecule has 1 heterocycles. The zero-order chi connectivity index (χ0) is 22.0. The Balaban J connectivity index is 1.55. The Morgan fingerprint density at radius 2 is 1.74 bits per heavy atom. The van der Waals surface area contributed by atoms with Gasteiger partial charge in [-0.3, -0.25) is 4.79 Å². The molecular formula is C25H20O6. The van der Waals surface area contributed by atoms with Crippen molar-refractivity contribution in [3.63, 3.8) is 0 Å². The van der Waals surface area contributed by atoms with Gasteiger partial charge in [0.15, 0.2) is 17.3 Å². The standard InChI is InChI=1S/C25H20O6/c1-15-5-4-6-17(11-15)25(27)30-18-8-9-19-21(14-18)31-23(24(19)26)13-16-7-10-20(28-2)22(12-16)29-3/h4-14H,1-3H3/b23-13-. The van der Waals surface area contributed by atoms with E-state index in [9.17, 15) is 9.59 Å². The number of esters is 1. The van der Waals surface area contributed by atoms with Gasteiger partial charge < -0.3 is 18.9 Å². The van der Waals surface area contributed by atoms with Gasteiger partial charge in [-0.05, 0) is 55.0 Å². The van der Waals surface area contributed by atoms with Crippen LogP contribution in [0.1, 0.15) is 31.8 Å². The average Bonchev–Trinajstić information content (AvgIpc) is 3.08. The third-order valence-corrected chi connectivity index (χ3v) is 4.81. The molecule has 0 saturated carbocycles. The summed E-state index contributed by atoms with van der Waals surface area (Å²) in [6.07, 6.45) is 1.63. The Morgan fingerprint density at radius 1 is 0.935 bits per heavy atom. The van der Waals surface area contributed by atoms with Gasteiger partial charge in [-0.2, -0.15) is 0 Å². The number of rotatable bonds is 5. The molecule has 0 amide bonds. The Bertz CT molecular complexity index is 1210. The molecule has 0 fully saturated rings. The number of allylic oxidation sites excluding steroid dienone is 1. The Kier molecular flexibility index (Phi) is 5.45. The molecule has 0 spiro atoms. The first-order chi connectivity index (χ1) is 15.0. The van der Waals surface area contributed by atoms with Gasteiger partial charge in [0, 0.05) is 6.07 Å². The maximum absolute atomic E-state index is 12.7. The lowest BCUT2D eigenvalue weighted by atomic mass is 10.1. The molecule has 4 rings (SSSR count). The first kappa shape index (κ1) is 20.2. The molecule has 0 atom stereocenters. The van der Waals surface area contributed by atoms with Crippen LogP contribution in [0.3, 0.4) is 0 Å². The van der Waals surface area contributed by atoms with Gasteiger partial charge in [-0.15, -0.1) is 0 Å². The molecule has 156 valence electrons. The van der Waals surface area contributed by atoms with Crippen molar-refractivity contribution in [3.05, 3.63) is 88.7 Å². The lowest BCUT2D eigenvalue weighted by Crippen LogP contribution is -2.08. The van der Waals surface area contributed by atoms with Crippen LogP contribution in [0.2, 0.25) is 0 Å². The van der Waals surface area contributed by atoms with Gasteiger partial charge >= 0.3 is 5.97 Å². The first-order valence-corrected chi connectivity index (χ1v) is 9.57. The van der Waals surface area contributed by atoms with Gasteiger partial charge in [0.25, 0.3) is 0 Å². The highest BCUT2D eigenvalue weighted by molar-refractivity contribution is 6.14. The normalized spacial score (nSPS) is 13.5. The van der Waals surface area contributed by atoms with E-state index in [1.54, 1.807) is 68.8 Å². The van der Waals surface area contributed by atoms with Crippen molar-refractivity contribution in [1.29, 1.82) is 0 Å². The van der Waals surface area contributed by atoms with E-state index in [4.69, 9.17) is 18.9 Å². The zero-order valence-corrected chi connectivity index (χ0v) is 17.3. The fraction of sp³-hybridized carbons (Fsp3) is 0.120. The van der Waals surface area contributed by atoms with Crippen LogP contribution in [0.5, 0.6) is 23.0 Å². The number of fused-ring (bicyclic) bond motifs is 1. The first-order valence-electron chi connectivity index (χ1n) is 9.57. The highest BCUT2D eigenvalue weighted by Crippen LogP contribution is 2.36. The van der Waals surface area contributed by atoms with E-state index < -0.39 is 5.97 Å². The molecule has 3 aromatic rings. The van der Waals surface area contributed by atoms with Crippen LogP contribution in [0.4, 0.5) is 0 Å². The number of ether oxygens (including phenoxy) is 4. The summed E-state index contributed by atoms with van der Waals surface area (Å²) < 4.78 is 21.7. The minimum absolute atomic E-state index is 0.171. The quantitative estimate of drug-likeness (QED) is 0.336. The Morgan fingerprint density at radius 3 is 2.48 bits per heavy atom. The Labute approximate surface area is 179 Å². The number of carbonyl (C=O) groups is 2. The van der Waals surface area contributed by atoms with Crippen molar-refractivity contribution in [2.24, 2.45) is 0 Å². The van der Waals surface area contributed by atoms with E-state index in [1.807, 2.05) is 13.0 Å². The summed E-state index contributed by atoms with van der Waals surface area (Å²) in [5.41, 5.74) is 2.54. The summed E-state index contributed by atoms with van der Waals surface area (Å²) in [7, 11) is 3.10. The second-order valence-electron chi connectivity index (χ2n) is 6.97. The molecule has 31 heavy (non-hydrogen) atoms. The smallest absolute Gasteiger partial charge is 0.343 e. The maximum Gasteiger partial charge on any atom is 0.343 e. The third kappa shape index (κ3) is 4.14. The fourth-order valence-corrected chi connectivity index (χ4v) is 3.26. The maximum atomic E-state index is 12.7. The van der Waals surface area contributed by atoms with Crippen molar-refractivity contribution >= 4 is 17.8 Å². The zero-order valence-electron chi connectivity index (χ0n) is 17.3. The number of methoxy groups -OCH3 is 2. The topological polar surface area (TPSA) is 71.1 Å². The predicted molar refractivity (Wildman–Crippen MR) is 115 cm³/mol. The van der Waals surface area contributed by atoms with Gasteiger partial charge in [-0.25, -0.2) is 4.79 Å². The van der Waals surface area contributed by atoms with Gasteiger partial charge in [0.2, 0.25) is 5.78 Å². The molecule has 0 saturated heterocycles. The highest BCUT2D eigenvalue weighted by atomic mass is 16.5. The summed E-state index contributed by atoms with van der Waals surface area (Å²) in [6.45, 7) is 1.90. The average molecular weight is 416 g/mol. The number of benzene rings is 3. The molecule has 0 bridgehead atoms. The van der Waals surface area contributed by atoms with Crippen LogP contribution < -0.4 is 18.9 Å². The molecule has 1 aliphatic heterocycles. The second-order valence-corrected chi connectivity index (χ2v) is 6.97. The number of hydrogen-bond donors (Lipinski definition) is 0. The summed E-state index contributed by atoms with van der Waals surface area (Å²) in [5.74, 6) is 1.22. The van der Waals surface area contributed by atoms with Crippen molar-refractivity contribution in [2.75, 3.05) is 14.2 Å². The van der Waals surface area contributed by atoms with Gasteiger partial charge in [-0.1, -0.05) is 23.8 Å². The van der Waals surface area contributed by atoms with E-state index in [0.29, 0.717) is 34.1 Å². The molecular weight excluding hydrogens is 396 g/mol. The van der Waals surface area contributed by atoms with Crippen molar-refractivity contribution < 1.29 is 28.5 Å². The van der Waals surface area contributed by atoms with E-state index in [-0.39, 0.29) is 11.5 Å². The molecule has 0 radical (unpaired) electrons. The van der Waals surface area contributed by atoms with Crippen molar-refractivity contribution in [3.8, 4) is 23.0 Å². The number of hydrogen-bond acceptors (Lipinski definition) is 6. The minimum Gasteiger partial charge on any atom is -0.493 e. The van der Waals surface area contributed by atoms with Crippen LogP contribution in [-0.2, 0) is 0 Å².